The molecule has 1 aromatic rings. The molecule has 3 N–H and O–H groups in total. The van der Waals surface area contributed by atoms with Gasteiger partial charge in [-0.1, -0.05) is 40.0 Å². The number of rotatable bonds is 3. The van der Waals surface area contributed by atoms with Crippen molar-refractivity contribution in [1.82, 2.24) is 10.6 Å². The van der Waals surface area contributed by atoms with E-state index in [2.05, 4.69) is 16.0 Å². The molecule has 1 aromatic carbocycles. The third-order valence-electron chi connectivity index (χ3n) is 4.25. The minimum absolute atomic E-state index is 0.0398. The van der Waals surface area contributed by atoms with E-state index < -0.39 is 5.41 Å². The zero-order chi connectivity index (χ0) is 18.4. The standard InChI is InChI=1S/C19H27N3O2S/c1-19(2,3)17(24)22-18(25)21-15-11-9-13(10-12-15)16(23)20-14-7-5-4-6-8-14/h9-12,14H,4-8H2,1-3H3,(H,20,23)(H2,21,22,24,25). The molecule has 136 valence electrons. The van der Waals surface area contributed by atoms with Gasteiger partial charge < -0.3 is 16.0 Å². The number of anilines is 1. The lowest BCUT2D eigenvalue weighted by molar-refractivity contribution is -0.126. The van der Waals surface area contributed by atoms with Crippen LogP contribution in [0, 0.1) is 5.41 Å². The van der Waals surface area contributed by atoms with Gasteiger partial charge >= 0.3 is 0 Å². The van der Waals surface area contributed by atoms with Crippen molar-refractivity contribution in [2.24, 2.45) is 5.41 Å². The van der Waals surface area contributed by atoms with Gasteiger partial charge in [-0.15, -0.1) is 0 Å². The molecule has 1 saturated carbocycles. The second-order valence-electron chi connectivity index (χ2n) is 7.54. The first-order valence-electron chi connectivity index (χ1n) is 8.79. The number of amides is 2. The fourth-order valence-corrected chi connectivity index (χ4v) is 2.88. The molecule has 0 spiro atoms. The van der Waals surface area contributed by atoms with Crippen molar-refractivity contribution in [3.05, 3.63) is 29.8 Å². The fourth-order valence-electron chi connectivity index (χ4n) is 2.67. The average Bonchev–Trinajstić information content (AvgIpc) is 2.55. The number of benzene rings is 1. The molecule has 0 unspecified atom stereocenters. The molecule has 0 aromatic heterocycles. The molecule has 1 fully saturated rings. The number of hydrogen-bond acceptors (Lipinski definition) is 3. The fraction of sp³-hybridized carbons (Fsp3) is 0.526. The maximum atomic E-state index is 12.3. The van der Waals surface area contributed by atoms with E-state index >= 15 is 0 Å². The highest BCUT2D eigenvalue weighted by Crippen LogP contribution is 2.18. The van der Waals surface area contributed by atoms with Crippen LogP contribution in [0.2, 0.25) is 0 Å². The third-order valence-corrected chi connectivity index (χ3v) is 4.46. The molecule has 6 heteroatoms. The molecular formula is C19H27N3O2S. The van der Waals surface area contributed by atoms with Gasteiger partial charge in [-0.2, -0.15) is 0 Å². The molecular weight excluding hydrogens is 334 g/mol. The van der Waals surface area contributed by atoms with Gasteiger partial charge in [0.25, 0.3) is 5.91 Å². The van der Waals surface area contributed by atoms with Crippen LogP contribution in [0.25, 0.3) is 0 Å². The summed E-state index contributed by atoms with van der Waals surface area (Å²) in [4.78, 5) is 24.2. The second kappa shape index (κ2) is 8.43. The number of thiocarbonyl (C=S) groups is 1. The Bertz CT molecular complexity index is 629. The molecule has 0 aliphatic heterocycles. The maximum absolute atomic E-state index is 12.3. The third kappa shape index (κ3) is 6.12. The number of carbonyl (C=O) groups is 2. The monoisotopic (exact) mass is 361 g/mol. The molecule has 1 aliphatic carbocycles. The van der Waals surface area contributed by atoms with Crippen molar-refractivity contribution < 1.29 is 9.59 Å². The molecule has 0 radical (unpaired) electrons. The minimum atomic E-state index is -0.507. The van der Waals surface area contributed by atoms with E-state index in [1.807, 2.05) is 20.8 Å². The highest BCUT2D eigenvalue weighted by molar-refractivity contribution is 7.80. The Morgan fingerprint density at radius 3 is 2.20 bits per heavy atom. The van der Waals surface area contributed by atoms with E-state index in [0.717, 1.165) is 18.5 Å². The van der Waals surface area contributed by atoms with Gasteiger partial charge in [0.1, 0.15) is 0 Å². The van der Waals surface area contributed by atoms with Crippen molar-refractivity contribution >= 4 is 34.8 Å². The summed E-state index contributed by atoms with van der Waals surface area (Å²) in [7, 11) is 0. The summed E-state index contributed by atoms with van der Waals surface area (Å²) in [6.45, 7) is 5.47. The number of nitrogens with one attached hydrogen (secondary N) is 3. The van der Waals surface area contributed by atoms with Gasteiger partial charge in [0.2, 0.25) is 5.91 Å². The number of carbonyl (C=O) groups excluding carboxylic acids is 2. The zero-order valence-corrected chi connectivity index (χ0v) is 16.0. The van der Waals surface area contributed by atoms with Crippen LogP contribution in [0.15, 0.2) is 24.3 Å². The molecule has 1 aliphatic rings. The van der Waals surface area contributed by atoms with E-state index in [0.29, 0.717) is 11.6 Å². The normalized spacial score (nSPS) is 15.3. The highest BCUT2D eigenvalue weighted by atomic mass is 32.1. The van der Waals surface area contributed by atoms with Crippen molar-refractivity contribution in [3.63, 3.8) is 0 Å². The molecule has 0 saturated heterocycles. The average molecular weight is 362 g/mol. The van der Waals surface area contributed by atoms with Gasteiger partial charge in [-0.05, 0) is 49.3 Å². The van der Waals surface area contributed by atoms with Gasteiger partial charge in [-0.3, -0.25) is 9.59 Å². The number of hydrogen-bond donors (Lipinski definition) is 3. The topological polar surface area (TPSA) is 70.2 Å². The van der Waals surface area contributed by atoms with Crippen LogP contribution in [0.5, 0.6) is 0 Å². The lowest BCUT2D eigenvalue weighted by Gasteiger charge is -2.22. The summed E-state index contributed by atoms with van der Waals surface area (Å²) in [6, 6.07) is 7.37. The molecule has 25 heavy (non-hydrogen) atoms. The highest BCUT2D eigenvalue weighted by Gasteiger charge is 2.22. The van der Waals surface area contributed by atoms with Gasteiger partial charge in [0.05, 0.1) is 0 Å². The Labute approximate surface area is 155 Å². The largest absolute Gasteiger partial charge is 0.349 e. The Kier molecular flexibility index (Phi) is 6.53. The summed E-state index contributed by atoms with van der Waals surface area (Å²) in [6.07, 6.45) is 5.76. The zero-order valence-electron chi connectivity index (χ0n) is 15.1. The summed E-state index contributed by atoms with van der Waals surface area (Å²) < 4.78 is 0. The summed E-state index contributed by atoms with van der Waals surface area (Å²) >= 11 is 5.15. The lowest BCUT2D eigenvalue weighted by atomic mass is 9.95. The molecule has 2 amide bonds. The van der Waals surface area contributed by atoms with Crippen molar-refractivity contribution in [2.75, 3.05) is 5.32 Å². The SMILES string of the molecule is CC(C)(C)C(=O)NC(=S)Nc1ccc(C(=O)NC2CCCCC2)cc1. The second-order valence-corrected chi connectivity index (χ2v) is 7.95. The van der Waals surface area contributed by atoms with E-state index in [1.54, 1.807) is 24.3 Å². The smallest absolute Gasteiger partial charge is 0.251 e. The van der Waals surface area contributed by atoms with Crippen LogP contribution in [0.4, 0.5) is 5.69 Å². The van der Waals surface area contributed by atoms with E-state index in [4.69, 9.17) is 12.2 Å². The minimum Gasteiger partial charge on any atom is -0.349 e. The first kappa shape index (κ1) is 19.4. The first-order valence-corrected chi connectivity index (χ1v) is 9.20. The molecule has 5 nitrogen and oxygen atoms in total. The van der Waals surface area contributed by atoms with E-state index in [9.17, 15) is 9.59 Å². The van der Waals surface area contributed by atoms with Gasteiger partial charge in [-0.25, -0.2) is 0 Å². The Balaban J connectivity index is 1.87. The van der Waals surface area contributed by atoms with Crippen LogP contribution in [0.3, 0.4) is 0 Å². The molecule has 0 atom stereocenters. The summed E-state index contributed by atoms with van der Waals surface area (Å²) in [5.41, 5.74) is 0.849. The summed E-state index contributed by atoms with van der Waals surface area (Å²) in [5, 5.41) is 8.97. The van der Waals surface area contributed by atoms with Gasteiger partial charge in [0, 0.05) is 22.7 Å². The molecule has 2 rings (SSSR count). The van der Waals surface area contributed by atoms with Crippen LogP contribution in [0.1, 0.15) is 63.2 Å². The molecule has 0 heterocycles. The van der Waals surface area contributed by atoms with Crippen LogP contribution < -0.4 is 16.0 Å². The van der Waals surface area contributed by atoms with Crippen LogP contribution >= 0.6 is 12.2 Å². The van der Waals surface area contributed by atoms with Crippen LogP contribution in [-0.4, -0.2) is 23.0 Å². The Hall–Kier alpha value is -1.95. The van der Waals surface area contributed by atoms with Crippen LogP contribution in [-0.2, 0) is 4.79 Å². The quantitative estimate of drug-likeness (QED) is 0.719. The Morgan fingerprint density at radius 2 is 1.64 bits per heavy atom. The first-order chi connectivity index (χ1) is 11.8. The Morgan fingerprint density at radius 1 is 1.04 bits per heavy atom. The maximum Gasteiger partial charge on any atom is 0.251 e. The van der Waals surface area contributed by atoms with Crippen molar-refractivity contribution in [3.8, 4) is 0 Å². The van der Waals surface area contributed by atoms with E-state index in [-0.39, 0.29) is 16.9 Å². The van der Waals surface area contributed by atoms with Crippen molar-refractivity contribution in [1.29, 1.82) is 0 Å². The lowest BCUT2D eigenvalue weighted by Crippen LogP contribution is -2.41. The summed E-state index contributed by atoms with van der Waals surface area (Å²) in [5.74, 6) is -0.185. The predicted octanol–water partition coefficient (Wildman–Crippen LogP) is 3.61. The van der Waals surface area contributed by atoms with Crippen molar-refractivity contribution in [2.45, 2.75) is 58.9 Å². The van der Waals surface area contributed by atoms with E-state index in [1.165, 1.54) is 19.3 Å². The predicted molar refractivity (Wildman–Crippen MR) is 105 cm³/mol. The van der Waals surface area contributed by atoms with Gasteiger partial charge in [0.15, 0.2) is 5.11 Å². The molecule has 0 bridgehead atoms.